The summed E-state index contributed by atoms with van der Waals surface area (Å²) in [7, 11) is -3.36. The van der Waals surface area contributed by atoms with Crippen LogP contribution < -0.4 is 44.5 Å². The van der Waals surface area contributed by atoms with Crippen LogP contribution in [0.2, 0.25) is 0 Å². The third-order valence-corrected chi connectivity index (χ3v) is 16.6. The first-order valence-electron chi connectivity index (χ1n) is 16.9. The van der Waals surface area contributed by atoms with E-state index in [-0.39, 0.29) is 0 Å². The largest absolute Gasteiger partial charge is 0.455 e. The first-order valence-corrected chi connectivity index (χ1v) is 21.1. The third kappa shape index (κ3) is 3.83. The van der Waals surface area contributed by atoms with Crippen LogP contribution in [0.4, 0.5) is 17.1 Å². The van der Waals surface area contributed by atoms with Gasteiger partial charge in [0.2, 0.25) is 0 Å². The Labute approximate surface area is 315 Å². The summed E-state index contributed by atoms with van der Waals surface area (Å²) in [5.41, 5.74) is 3.72. The highest BCUT2D eigenvalue weighted by atomic mass is 32.2. The van der Waals surface area contributed by atoms with Gasteiger partial charge >= 0.3 is 0 Å². The standard InChI is InChI=1S/C42H20NO6PS3/c44-50-40-25-9-3-11-27(40)48-29-17-21(18-30(42(29)50)49-28-12-4-10-26(47-25)41(28)50)45-23-7-1-2-8-24(23)46-22-19-35-39-36(20-22)53-34-16-6-14-32-38(34)43(39)37-31(51-32)13-5-15-33(37)52-35/h1-20H. The lowest BCUT2D eigenvalue weighted by Gasteiger charge is -2.42. The minimum absolute atomic E-state index is 0.428. The SMILES string of the molecule is O=P12c3c4cccc3Oc3cc(Oc5ccccc5Oc5cc6c7c(c5)Sc5cccc8c5N7c5c(cccc5S6)S8)cc(c31)Oc1cccc(c12)O4. The molecule has 0 spiro atoms. The topological polar surface area (TPSA) is 66.5 Å². The maximum Gasteiger partial charge on any atom is 0.193 e. The molecule has 6 heterocycles. The van der Waals surface area contributed by atoms with Crippen LogP contribution in [0.5, 0.6) is 57.5 Å². The Bertz CT molecular complexity index is 2770. The lowest BCUT2D eigenvalue weighted by molar-refractivity contribution is 0.408. The zero-order chi connectivity index (χ0) is 34.6. The number of hydrogen-bond acceptors (Lipinski definition) is 10. The first-order chi connectivity index (χ1) is 26.1. The maximum absolute atomic E-state index is 15.4. The third-order valence-electron chi connectivity index (χ3n) is 10.1. The number of rotatable bonds is 4. The fraction of sp³-hybridized carbons (Fsp3) is 0. The molecule has 11 heteroatoms. The molecule has 252 valence electrons. The average Bonchev–Trinajstić information content (AvgIpc) is 3.15. The van der Waals surface area contributed by atoms with Gasteiger partial charge in [0.1, 0.15) is 61.9 Å². The van der Waals surface area contributed by atoms with Crippen molar-refractivity contribution >= 4 is 75.4 Å². The van der Waals surface area contributed by atoms with Gasteiger partial charge in [-0.25, -0.2) is 0 Å². The zero-order valence-electron chi connectivity index (χ0n) is 27.1. The van der Waals surface area contributed by atoms with E-state index in [1.807, 2.05) is 72.4 Å². The van der Waals surface area contributed by atoms with E-state index in [1.54, 1.807) is 35.7 Å². The summed E-state index contributed by atoms with van der Waals surface area (Å²) in [6, 6.07) is 39.5. The van der Waals surface area contributed by atoms with Crippen molar-refractivity contribution < 1.29 is 28.2 Å². The van der Waals surface area contributed by atoms with Gasteiger partial charge in [0.25, 0.3) is 0 Å². The number of anilines is 3. The Kier molecular flexibility index (Phi) is 5.59. The second kappa shape index (κ2) is 10.2. The van der Waals surface area contributed by atoms with Crippen LogP contribution in [0, 0.1) is 0 Å². The maximum atomic E-state index is 15.4. The molecular formula is C42H20NO6PS3. The number of nitrogens with zero attached hydrogens (tertiary/aromatic N) is 1. The highest BCUT2D eigenvalue weighted by Gasteiger charge is 2.52. The summed E-state index contributed by atoms with van der Waals surface area (Å²) >= 11 is 5.40. The Balaban J connectivity index is 0.891. The molecule has 0 radical (unpaired) electrons. The van der Waals surface area contributed by atoms with E-state index in [9.17, 15) is 0 Å². The van der Waals surface area contributed by atoms with Crippen molar-refractivity contribution in [3.63, 3.8) is 0 Å². The van der Waals surface area contributed by atoms with Gasteiger partial charge in [-0.15, -0.1) is 0 Å². The molecule has 0 fully saturated rings. The van der Waals surface area contributed by atoms with Crippen molar-refractivity contribution in [2.75, 3.05) is 4.90 Å². The summed E-state index contributed by atoms with van der Waals surface area (Å²) in [5.74, 6) is 5.16. The van der Waals surface area contributed by atoms with E-state index in [1.165, 1.54) is 36.6 Å². The van der Waals surface area contributed by atoms with Gasteiger partial charge in [-0.2, -0.15) is 0 Å². The predicted octanol–water partition coefficient (Wildman–Crippen LogP) is 12.1. The Morgan fingerprint density at radius 1 is 0.434 bits per heavy atom. The minimum atomic E-state index is -3.36. The van der Waals surface area contributed by atoms with Gasteiger partial charge < -0.3 is 33.1 Å². The first kappa shape index (κ1) is 29.1. The van der Waals surface area contributed by atoms with Crippen LogP contribution in [0.3, 0.4) is 0 Å². The molecule has 0 aliphatic carbocycles. The van der Waals surface area contributed by atoms with Crippen LogP contribution in [0.15, 0.2) is 151 Å². The quantitative estimate of drug-likeness (QED) is 0.162. The lowest BCUT2D eigenvalue weighted by atomic mass is 10.1. The molecule has 0 bridgehead atoms. The van der Waals surface area contributed by atoms with Gasteiger partial charge in [0.05, 0.1) is 17.1 Å². The molecule has 7 aromatic carbocycles. The van der Waals surface area contributed by atoms with Crippen LogP contribution in [-0.2, 0) is 4.57 Å². The van der Waals surface area contributed by atoms with Gasteiger partial charge in [-0.05, 0) is 72.8 Å². The molecule has 0 saturated heterocycles. The molecular weight excluding hydrogens is 742 g/mol. The van der Waals surface area contributed by atoms with Gasteiger partial charge in [-0.3, -0.25) is 0 Å². The van der Waals surface area contributed by atoms with Crippen molar-refractivity contribution in [3.05, 3.63) is 121 Å². The number of ether oxygens (including phenoxy) is 5. The minimum Gasteiger partial charge on any atom is -0.455 e. The molecule has 0 aromatic heterocycles. The summed E-state index contributed by atoms with van der Waals surface area (Å²) in [5, 5.41) is 1.65. The van der Waals surface area contributed by atoms with Gasteiger partial charge in [0.15, 0.2) is 18.6 Å². The molecule has 7 aromatic rings. The van der Waals surface area contributed by atoms with Crippen LogP contribution in [0.25, 0.3) is 0 Å². The summed E-state index contributed by atoms with van der Waals surface area (Å²) in [4.78, 5) is 9.71. The van der Waals surface area contributed by atoms with E-state index < -0.39 is 7.14 Å². The van der Waals surface area contributed by atoms with Crippen molar-refractivity contribution in [1.29, 1.82) is 0 Å². The predicted molar refractivity (Wildman–Crippen MR) is 206 cm³/mol. The Morgan fingerprint density at radius 2 is 0.811 bits per heavy atom. The number of benzene rings is 7. The molecule has 0 N–H and O–H groups in total. The molecule has 0 atom stereocenters. The lowest BCUT2D eigenvalue weighted by Crippen LogP contribution is -2.38. The van der Waals surface area contributed by atoms with Gasteiger partial charge in [-0.1, -0.05) is 71.7 Å². The zero-order valence-corrected chi connectivity index (χ0v) is 30.5. The smallest absolute Gasteiger partial charge is 0.193 e. The van der Waals surface area contributed by atoms with E-state index in [4.69, 9.17) is 23.7 Å². The summed E-state index contributed by atoms with van der Waals surface area (Å²) in [6.07, 6.45) is 0. The van der Waals surface area contributed by atoms with Crippen molar-refractivity contribution in [1.82, 2.24) is 0 Å². The van der Waals surface area contributed by atoms with E-state index in [0.29, 0.717) is 73.4 Å². The molecule has 7 nitrogen and oxygen atoms in total. The monoisotopic (exact) mass is 761 g/mol. The van der Waals surface area contributed by atoms with Crippen LogP contribution in [0.1, 0.15) is 0 Å². The highest BCUT2D eigenvalue weighted by Crippen LogP contribution is 2.67. The molecule has 6 aliphatic rings. The number of hydrogen-bond donors (Lipinski definition) is 0. The van der Waals surface area contributed by atoms with Crippen LogP contribution in [-0.4, -0.2) is 0 Å². The van der Waals surface area contributed by atoms with Crippen LogP contribution >= 0.6 is 42.4 Å². The Hall–Kier alpha value is -5.38. The van der Waals surface area contributed by atoms with Gasteiger partial charge in [0, 0.05) is 41.5 Å². The molecule has 53 heavy (non-hydrogen) atoms. The van der Waals surface area contributed by atoms with E-state index >= 15 is 4.57 Å². The molecule has 0 amide bonds. The summed E-state index contributed by atoms with van der Waals surface area (Å²) in [6.45, 7) is 0. The normalized spacial score (nSPS) is 15.6. The van der Waals surface area contributed by atoms with Crippen molar-refractivity contribution in [2.24, 2.45) is 0 Å². The fourth-order valence-electron chi connectivity index (χ4n) is 8.06. The molecule has 6 aliphatic heterocycles. The number of para-hydroxylation sites is 4. The second-order valence-corrected chi connectivity index (χ2v) is 19.0. The van der Waals surface area contributed by atoms with Crippen molar-refractivity contribution in [2.45, 2.75) is 29.4 Å². The molecule has 0 unspecified atom stereocenters. The second-order valence-electron chi connectivity index (χ2n) is 13.2. The fourth-order valence-corrected chi connectivity index (χ4v) is 14.9. The highest BCUT2D eigenvalue weighted by molar-refractivity contribution is 8.01. The van der Waals surface area contributed by atoms with E-state index in [2.05, 4.69) is 53.4 Å². The Morgan fingerprint density at radius 3 is 1.30 bits per heavy atom. The van der Waals surface area contributed by atoms with Crippen molar-refractivity contribution in [3.8, 4) is 57.5 Å². The molecule has 0 saturated carbocycles. The van der Waals surface area contributed by atoms with E-state index in [0.717, 1.165) is 9.79 Å². The average molecular weight is 762 g/mol. The summed E-state index contributed by atoms with van der Waals surface area (Å²) < 4.78 is 47.7. The molecule has 13 rings (SSSR count).